The van der Waals surface area contributed by atoms with Gasteiger partial charge in [0.1, 0.15) is 5.92 Å². The number of hydrogen-bond donors (Lipinski definition) is 2. The van der Waals surface area contributed by atoms with Crippen LogP contribution >= 0.6 is 11.6 Å². The molecule has 1 atom stereocenters. The van der Waals surface area contributed by atoms with E-state index in [9.17, 15) is 9.59 Å². The van der Waals surface area contributed by atoms with Crippen LogP contribution in [0.5, 0.6) is 0 Å². The van der Waals surface area contributed by atoms with Gasteiger partial charge in [0.25, 0.3) is 0 Å². The normalized spacial score (nSPS) is 16.6. The highest BCUT2D eigenvalue weighted by molar-refractivity contribution is 6.31. The van der Waals surface area contributed by atoms with Crippen LogP contribution in [0.3, 0.4) is 0 Å². The number of halogens is 1. The lowest BCUT2D eigenvalue weighted by Crippen LogP contribution is -2.37. The van der Waals surface area contributed by atoms with Gasteiger partial charge in [-0.15, -0.1) is 0 Å². The zero-order valence-corrected chi connectivity index (χ0v) is 17.1. The second-order valence-corrected chi connectivity index (χ2v) is 7.79. The molecule has 1 unspecified atom stereocenters. The first-order valence-electron chi connectivity index (χ1n) is 10.0. The summed E-state index contributed by atoms with van der Waals surface area (Å²) in [6.07, 6.45) is 4.02. The molecule has 29 heavy (non-hydrogen) atoms. The van der Waals surface area contributed by atoms with Gasteiger partial charge in [-0.3, -0.25) is 9.59 Å². The van der Waals surface area contributed by atoms with Crippen molar-refractivity contribution in [2.45, 2.75) is 26.2 Å². The molecular formula is C23H24ClN3O2. The Labute approximate surface area is 175 Å². The Morgan fingerprint density at radius 2 is 2.07 bits per heavy atom. The van der Waals surface area contributed by atoms with E-state index in [1.54, 1.807) is 4.90 Å². The van der Waals surface area contributed by atoms with E-state index in [1.165, 1.54) is 0 Å². The van der Waals surface area contributed by atoms with Crippen LogP contribution in [0.4, 0.5) is 5.69 Å². The van der Waals surface area contributed by atoms with Crippen LogP contribution in [0.25, 0.3) is 10.9 Å². The molecule has 150 valence electrons. The third kappa shape index (κ3) is 3.87. The Morgan fingerprint density at radius 1 is 1.24 bits per heavy atom. The predicted octanol–water partition coefficient (Wildman–Crippen LogP) is 4.10. The smallest absolute Gasteiger partial charge is 0.239 e. The molecule has 0 radical (unpaired) electrons. The van der Waals surface area contributed by atoms with E-state index in [-0.39, 0.29) is 11.8 Å². The molecule has 1 aromatic heterocycles. The molecule has 5 nitrogen and oxygen atoms in total. The third-order valence-electron chi connectivity index (χ3n) is 5.61. The number of carbonyl (C=O) groups excluding carboxylic acids is 2. The second-order valence-electron chi connectivity index (χ2n) is 7.36. The monoisotopic (exact) mass is 409 g/mol. The fraction of sp³-hybridized carbons (Fsp3) is 0.304. The second kappa shape index (κ2) is 8.29. The quantitative estimate of drug-likeness (QED) is 0.602. The van der Waals surface area contributed by atoms with E-state index in [0.717, 1.165) is 34.1 Å². The van der Waals surface area contributed by atoms with Crippen LogP contribution in [-0.4, -0.2) is 29.9 Å². The maximum atomic E-state index is 12.9. The van der Waals surface area contributed by atoms with Crippen molar-refractivity contribution in [2.75, 3.05) is 18.0 Å². The molecule has 1 aliphatic heterocycles. The Kier molecular flexibility index (Phi) is 5.58. The van der Waals surface area contributed by atoms with E-state index in [0.29, 0.717) is 31.0 Å². The lowest BCUT2D eigenvalue weighted by atomic mass is 10.1. The summed E-state index contributed by atoms with van der Waals surface area (Å²) in [5.74, 6) is -0.913. The number of anilines is 1. The molecule has 0 aliphatic carbocycles. The number of rotatable bonds is 6. The largest absolute Gasteiger partial charge is 0.361 e. The predicted molar refractivity (Wildman–Crippen MR) is 116 cm³/mol. The third-order valence-corrected chi connectivity index (χ3v) is 5.84. The lowest BCUT2D eigenvalue weighted by molar-refractivity contribution is -0.132. The summed E-state index contributed by atoms with van der Waals surface area (Å²) in [7, 11) is 0. The molecule has 2 N–H and O–H groups in total. The van der Waals surface area contributed by atoms with Gasteiger partial charge in [0.05, 0.1) is 0 Å². The van der Waals surface area contributed by atoms with Crippen molar-refractivity contribution >= 4 is 40.0 Å². The minimum Gasteiger partial charge on any atom is -0.361 e. The fourth-order valence-electron chi connectivity index (χ4n) is 4.04. The lowest BCUT2D eigenvalue weighted by Gasteiger charge is -2.20. The van der Waals surface area contributed by atoms with Crippen molar-refractivity contribution in [3.05, 3.63) is 64.8 Å². The number of aromatic amines is 1. The summed E-state index contributed by atoms with van der Waals surface area (Å²) >= 11 is 6.09. The number of nitrogens with zero attached hydrogens (tertiary/aromatic N) is 1. The summed E-state index contributed by atoms with van der Waals surface area (Å²) in [4.78, 5) is 30.5. The Hall–Kier alpha value is -2.79. The molecule has 0 bridgehead atoms. The topological polar surface area (TPSA) is 65.2 Å². The van der Waals surface area contributed by atoms with Crippen LogP contribution < -0.4 is 10.2 Å². The maximum Gasteiger partial charge on any atom is 0.239 e. The number of amides is 2. The van der Waals surface area contributed by atoms with Gasteiger partial charge in [-0.2, -0.15) is 0 Å². The van der Waals surface area contributed by atoms with E-state index >= 15 is 0 Å². The highest BCUT2D eigenvalue weighted by Crippen LogP contribution is 2.29. The molecule has 0 spiro atoms. The number of benzene rings is 2. The van der Waals surface area contributed by atoms with Crippen molar-refractivity contribution in [3.8, 4) is 0 Å². The SMILES string of the molecule is CCc1ccccc1N1CCC(C(=O)NCCc2c[nH]c3ccc(Cl)cc23)C1=O. The number of H-pyrrole nitrogens is 1. The van der Waals surface area contributed by atoms with Crippen molar-refractivity contribution in [3.63, 3.8) is 0 Å². The molecule has 6 heteroatoms. The number of hydrogen-bond acceptors (Lipinski definition) is 2. The Balaban J connectivity index is 1.38. The van der Waals surface area contributed by atoms with Crippen molar-refractivity contribution in [1.82, 2.24) is 10.3 Å². The molecule has 2 heterocycles. The highest BCUT2D eigenvalue weighted by Gasteiger charge is 2.37. The number of aryl methyl sites for hydroxylation is 1. The molecule has 4 rings (SSSR count). The zero-order chi connectivity index (χ0) is 20.4. The van der Waals surface area contributed by atoms with Gasteiger partial charge in [-0.1, -0.05) is 36.7 Å². The standard InChI is InChI=1S/C23H24ClN3O2/c1-2-15-5-3-4-6-21(15)27-12-10-18(23(27)29)22(28)25-11-9-16-14-26-20-8-7-17(24)13-19(16)20/h3-8,13-14,18,26H,2,9-12H2,1H3,(H,25,28). The van der Waals surface area contributed by atoms with Crippen molar-refractivity contribution in [1.29, 1.82) is 0 Å². The van der Waals surface area contributed by atoms with Gasteiger partial charge in [0.15, 0.2) is 0 Å². The summed E-state index contributed by atoms with van der Waals surface area (Å²) in [5.41, 5.74) is 4.16. The fourth-order valence-corrected chi connectivity index (χ4v) is 4.21. The number of aromatic nitrogens is 1. The molecule has 3 aromatic rings. The average Bonchev–Trinajstić information content (AvgIpc) is 3.31. The molecule has 1 saturated heterocycles. The van der Waals surface area contributed by atoms with Crippen LogP contribution in [0.2, 0.25) is 5.02 Å². The van der Waals surface area contributed by atoms with Crippen LogP contribution in [0, 0.1) is 5.92 Å². The summed E-state index contributed by atoms with van der Waals surface area (Å²) in [6, 6.07) is 13.6. The van der Waals surface area contributed by atoms with Crippen LogP contribution in [0.1, 0.15) is 24.5 Å². The van der Waals surface area contributed by atoms with Gasteiger partial charge >= 0.3 is 0 Å². The average molecular weight is 410 g/mol. The first-order chi connectivity index (χ1) is 14.1. The van der Waals surface area contributed by atoms with Gasteiger partial charge in [-0.25, -0.2) is 0 Å². The Bertz CT molecular complexity index is 1060. The minimum atomic E-state index is -0.614. The number of carbonyl (C=O) groups is 2. The molecule has 1 fully saturated rings. The van der Waals surface area contributed by atoms with Gasteiger partial charge in [-0.05, 0) is 54.7 Å². The van der Waals surface area contributed by atoms with E-state index < -0.39 is 5.92 Å². The summed E-state index contributed by atoms with van der Waals surface area (Å²) < 4.78 is 0. The van der Waals surface area contributed by atoms with Gasteiger partial charge < -0.3 is 15.2 Å². The van der Waals surface area contributed by atoms with Crippen molar-refractivity contribution in [2.24, 2.45) is 5.92 Å². The van der Waals surface area contributed by atoms with Crippen LogP contribution in [0.15, 0.2) is 48.7 Å². The van der Waals surface area contributed by atoms with E-state index in [4.69, 9.17) is 11.6 Å². The van der Waals surface area contributed by atoms with Crippen molar-refractivity contribution < 1.29 is 9.59 Å². The first-order valence-corrected chi connectivity index (χ1v) is 10.4. The number of para-hydroxylation sites is 1. The summed E-state index contributed by atoms with van der Waals surface area (Å²) in [6.45, 7) is 3.13. The highest BCUT2D eigenvalue weighted by atomic mass is 35.5. The van der Waals surface area contributed by atoms with E-state index in [2.05, 4.69) is 17.2 Å². The van der Waals surface area contributed by atoms with Gasteiger partial charge in [0.2, 0.25) is 11.8 Å². The van der Waals surface area contributed by atoms with E-state index in [1.807, 2.05) is 48.7 Å². The number of nitrogens with one attached hydrogen (secondary N) is 2. The summed E-state index contributed by atoms with van der Waals surface area (Å²) in [5, 5.41) is 4.69. The molecule has 2 aromatic carbocycles. The molecule has 2 amide bonds. The Morgan fingerprint density at radius 3 is 2.90 bits per heavy atom. The number of fused-ring (bicyclic) bond motifs is 1. The maximum absolute atomic E-state index is 12.9. The zero-order valence-electron chi connectivity index (χ0n) is 16.4. The molecule has 0 saturated carbocycles. The van der Waals surface area contributed by atoms with Crippen LogP contribution in [-0.2, 0) is 22.4 Å². The molecule has 1 aliphatic rings. The molecular weight excluding hydrogens is 386 g/mol. The first kappa shape index (κ1) is 19.5. The minimum absolute atomic E-state index is 0.109. The van der Waals surface area contributed by atoms with Gasteiger partial charge in [0, 0.05) is 40.9 Å².